The molecule has 1 aliphatic rings. The monoisotopic (exact) mass is 508 g/mol. The van der Waals surface area contributed by atoms with Crippen LogP contribution in [0.15, 0.2) is 55.0 Å². The highest BCUT2D eigenvalue weighted by atomic mass is 19.1. The topological polar surface area (TPSA) is 144 Å². The second-order valence-electron chi connectivity index (χ2n) is 8.22. The number of nitrogens with one attached hydrogen (secondary N) is 1. The number of halogens is 1. The van der Waals surface area contributed by atoms with Gasteiger partial charge >= 0.3 is 12.0 Å². The summed E-state index contributed by atoms with van der Waals surface area (Å²) >= 11 is 0. The minimum Gasteiger partial charge on any atom is -0.460 e. The zero-order chi connectivity index (χ0) is 25.5. The first-order valence-corrected chi connectivity index (χ1v) is 11.4. The Morgan fingerprint density at radius 2 is 1.81 bits per heavy atom. The van der Waals surface area contributed by atoms with Crippen LogP contribution >= 0.6 is 0 Å². The van der Waals surface area contributed by atoms with Crippen molar-refractivity contribution in [1.82, 2.24) is 19.9 Å². The zero-order valence-corrected chi connectivity index (χ0v) is 19.4. The predicted molar refractivity (Wildman–Crippen MR) is 134 cm³/mol. The molecular formula is C26H29FN6O4. The van der Waals surface area contributed by atoms with E-state index in [4.69, 9.17) is 20.6 Å². The highest BCUT2D eigenvalue weighted by Gasteiger charge is 2.26. The van der Waals surface area contributed by atoms with Crippen LogP contribution in [0.3, 0.4) is 0 Å². The number of aromatic nitrogens is 3. The molecule has 194 valence electrons. The molecule has 0 atom stereocenters. The molecule has 0 radical (unpaired) electrons. The van der Waals surface area contributed by atoms with Gasteiger partial charge in [-0.3, -0.25) is 20.0 Å². The van der Waals surface area contributed by atoms with Crippen LogP contribution in [-0.4, -0.2) is 56.8 Å². The Morgan fingerprint density at radius 1 is 1.08 bits per heavy atom. The average molecular weight is 509 g/mol. The van der Waals surface area contributed by atoms with Crippen molar-refractivity contribution in [3.63, 3.8) is 0 Å². The van der Waals surface area contributed by atoms with Gasteiger partial charge in [-0.15, -0.1) is 0 Å². The normalized spacial score (nSPS) is 13.4. The molecule has 3 N–H and O–H groups in total. The van der Waals surface area contributed by atoms with Gasteiger partial charge in [0.05, 0.1) is 0 Å². The number of pyridine rings is 1. The molecule has 10 nitrogen and oxygen atoms in total. The van der Waals surface area contributed by atoms with Gasteiger partial charge in [-0.1, -0.05) is 31.7 Å². The quantitative estimate of drug-likeness (QED) is 0.268. The Labute approximate surface area is 214 Å². The van der Waals surface area contributed by atoms with Crippen LogP contribution in [0.1, 0.15) is 42.7 Å². The molecule has 4 rings (SSSR count). The summed E-state index contributed by atoms with van der Waals surface area (Å²) in [7, 11) is 0. The number of ether oxygens (including phenoxy) is 2. The number of nitrogens with two attached hydrogens (primary N) is 1. The SMILES string of the molecule is C.N=C(N)CC(=O)OCc1cccc(-c2cnc(OC3CCN(C(=O)c4ccccn4)CC3)nc2)c1F. The zero-order valence-electron chi connectivity index (χ0n) is 19.4. The lowest BCUT2D eigenvalue weighted by atomic mass is 10.1. The molecular weight excluding hydrogens is 479 g/mol. The van der Waals surface area contributed by atoms with E-state index in [2.05, 4.69) is 15.0 Å². The van der Waals surface area contributed by atoms with E-state index in [1.54, 1.807) is 41.4 Å². The summed E-state index contributed by atoms with van der Waals surface area (Å²) in [6.07, 6.45) is 5.28. The molecule has 3 aromatic rings. The maximum absolute atomic E-state index is 15.0. The number of amides is 1. The minimum atomic E-state index is -0.705. The number of amidine groups is 1. The minimum absolute atomic E-state index is 0. The predicted octanol–water partition coefficient (Wildman–Crippen LogP) is 3.37. The van der Waals surface area contributed by atoms with E-state index < -0.39 is 11.8 Å². The molecule has 1 saturated heterocycles. The molecule has 0 bridgehead atoms. The molecule has 0 aliphatic carbocycles. The van der Waals surface area contributed by atoms with Crippen molar-refractivity contribution in [2.75, 3.05) is 13.1 Å². The van der Waals surface area contributed by atoms with Gasteiger partial charge < -0.3 is 20.1 Å². The molecule has 1 aromatic carbocycles. The summed E-state index contributed by atoms with van der Waals surface area (Å²) < 4.78 is 25.8. The third-order valence-corrected chi connectivity index (χ3v) is 5.63. The molecule has 2 aromatic heterocycles. The van der Waals surface area contributed by atoms with Gasteiger partial charge in [-0.05, 0) is 12.1 Å². The van der Waals surface area contributed by atoms with E-state index in [0.29, 0.717) is 37.2 Å². The van der Waals surface area contributed by atoms with Crippen molar-refractivity contribution in [1.29, 1.82) is 5.41 Å². The summed E-state index contributed by atoms with van der Waals surface area (Å²) in [5, 5.41) is 7.11. The van der Waals surface area contributed by atoms with Gasteiger partial charge in [-0.2, -0.15) is 0 Å². The van der Waals surface area contributed by atoms with Crippen LogP contribution < -0.4 is 10.5 Å². The number of piperidine rings is 1. The lowest BCUT2D eigenvalue weighted by molar-refractivity contribution is -0.143. The number of likely N-dealkylation sites (tertiary alicyclic amines) is 1. The Balaban J connectivity index is 0.00000380. The van der Waals surface area contributed by atoms with Gasteiger partial charge in [0.25, 0.3) is 5.91 Å². The number of esters is 1. The number of hydrogen-bond donors (Lipinski definition) is 2. The fourth-order valence-corrected chi connectivity index (χ4v) is 3.77. The van der Waals surface area contributed by atoms with Crippen molar-refractivity contribution in [2.45, 2.75) is 39.4 Å². The summed E-state index contributed by atoms with van der Waals surface area (Å²) in [5.41, 5.74) is 6.46. The number of benzene rings is 1. The summed E-state index contributed by atoms with van der Waals surface area (Å²) in [6.45, 7) is 0.787. The molecule has 0 saturated carbocycles. The van der Waals surface area contributed by atoms with E-state index in [1.165, 1.54) is 18.5 Å². The maximum atomic E-state index is 15.0. The fourth-order valence-electron chi connectivity index (χ4n) is 3.77. The van der Waals surface area contributed by atoms with Crippen LogP contribution in [0.5, 0.6) is 6.01 Å². The van der Waals surface area contributed by atoms with Crippen LogP contribution in [0, 0.1) is 11.2 Å². The van der Waals surface area contributed by atoms with Crippen molar-refractivity contribution in [3.8, 4) is 17.1 Å². The third kappa shape index (κ3) is 7.06. The molecule has 1 fully saturated rings. The van der Waals surface area contributed by atoms with Crippen molar-refractivity contribution < 1.29 is 23.5 Å². The smallest absolute Gasteiger partial charge is 0.316 e. The van der Waals surface area contributed by atoms with Crippen LogP contribution in [0.4, 0.5) is 4.39 Å². The standard InChI is InChI=1S/C25H25FN6O4.CH4/c26-23-16(15-35-22(33)12-21(27)28)4-3-5-19(23)17-13-30-25(31-14-17)36-18-7-10-32(11-8-18)24(34)20-6-1-2-9-29-20;/h1-6,9,13-14,18H,7-8,10-12,15H2,(H3,27,28);1H4. The first kappa shape index (κ1) is 27.2. The molecule has 1 amide bonds. The molecule has 37 heavy (non-hydrogen) atoms. The van der Waals surface area contributed by atoms with Crippen molar-refractivity contribution in [3.05, 3.63) is 72.1 Å². The van der Waals surface area contributed by atoms with Gasteiger partial charge in [0.1, 0.15) is 36.5 Å². The highest BCUT2D eigenvalue weighted by Crippen LogP contribution is 2.26. The van der Waals surface area contributed by atoms with Gasteiger partial charge in [0, 0.05) is 61.2 Å². The lowest BCUT2D eigenvalue weighted by Gasteiger charge is -2.31. The van der Waals surface area contributed by atoms with E-state index in [1.807, 2.05) is 0 Å². The van der Waals surface area contributed by atoms with E-state index in [-0.39, 0.29) is 55.4 Å². The first-order chi connectivity index (χ1) is 17.4. The maximum Gasteiger partial charge on any atom is 0.316 e. The Morgan fingerprint density at radius 3 is 2.46 bits per heavy atom. The number of carbonyl (C=O) groups is 2. The molecule has 1 aliphatic heterocycles. The molecule has 11 heteroatoms. The Bertz CT molecular complexity index is 1230. The number of hydrogen-bond acceptors (Lipinski definition) is 8. The van der Waals surface area contributed by atoms with Crippen LogP contribution in [-0.2, 0) is 16.1 Å². The fraction of sp³-hybridized carbons (Fsp3) is 0.308. The third-order valence-electron chi connectivity index (χ3n) is 5.63. The van der Waals surface area contributed by atoms with Gasteiger partial charge in [0.15, 0.2) is 0 Å². The van der Waals surface area contributed by atoms with Crippen LogP contribution in [0.25, 0.3) is 11.1 Å². The van der Waals surface area contributed by atoms with E-state index in [9.17, 15) is 14.0 Å². The average Bonchev–Trinajstić information content (AvgIpc) is 2.89. The largest absolute Gasteiger partial charge is 0.460 e. The summed E-state index contributed by atoms with van der Waals surface area (Å²) in [4.78, 5) is 38.4. The number of nitrogens with zero attached hydrogens (tertiary/aromatic N) is 4. The lowest BCUT2D eigenvalue weighted by Crippen LogP contribution is -2.42. The van der Waals surface area contributed by atoms with E-state index >= 15 is 0 Å². The Hall–Kier alpha value is -4.41. The summed E-state index contributed by atoms with van der Waals surface area (Å²) in [5.74, 6) is -1.69. The number of rotatable bonds is 8. The first-order valence-electron chi connectivity index (χ1n) is 11.4. The Kier molecular flexibility index (Phi) is 9.20. The van der Waals surface area contributed by atoms with Crippen molar-refractivity contribution >= 4 is 17.7 Å². The second-order valence-corrected chi connectivity index (χ2v) is 8.22. The van der Waals surface area contributed by atoms with Crippen LogP contribution in [0.2, 0.25) is 0 Å². The molecule has 0 unspecified atom stereocenters. The highest BCUT2D eigenvalue weighted by molar-refractivity contribution is 5.94. The second kappa shape index (κ2) is 12.5. The van der Waals surface area contributed by atoms with E-state index in [0.717, 1.165) is 0 Å². The van der Waals surface area contributed by atoms with Gasteiger partial charge in [0.2, 0.25) is 0 Å². The van der Waals surface area contributed by atoms with Crippen molar-refractivity contribution in [2.24, 2.45) is 5.73 Å². The number of carbonyl (C=O) groups excluding carboxylic acids is 2. The summed E-state index contributed by atoms with van der Waals surface area (Å²) in [6, 6.07) is 10.1. The molecule has 3 heterocycles. The molecule has 0 spiro atoms. The van der Waals surface area contributed by atoms with Gasteiger partial charge in [-0.25, -0.2) is 14.4 Å².